The monoisotopic (exact) mass is 291 g/mol. The van der Waals surface area contributed by atoms with Gasteiger partial charge in [0.1, 0.15) is 11.3 Å². The molecule has 3 heterocycles. The van der Waals surface area contributed by atoms with E-state index in [2.05, 4.69) is 32.9 Å². The third kappa shape index (κ3) is 2.26. The Hall–Kier alpha value is -1.39. The molecular formula is C14H14ClN3S. The molecule has 0 aliphatic carbocycles. The SMILES string of the molecule is Cc1ccsc1Cn1c(C(C)Cl)nc2cnccc21. The number of halogens is 1. The quantitative estimate of drug-likeness (QED) is 0.679. The number of pyridine rings is 1. The van der Waals surface area contributed by atoms with Crippen molar-refractivity contribution in [1.29, 1.82) is 0 Å². The molecule has 0 aliphatic rings. The first-order chi connectivity index (χ1) is 9.16. The maximum absolute atomic E-state index is 6.26. The molecule has 0 aliphatic heterocycles. The Kier molecular flexibility index (Phi) is 3.29. The van der Waals surface area contributed by atoms with Crippen LogP contribution in [-0.4, -0.2) is 14.5 Å². The molecule has 0 spiro atoms. The molecule has 1 atom stereocenters. The van der Waals surface area contributed by atoms with Gasteiger partial charge in [-0.3, -0.25) is 4.98 Å². The maximum atomic E-state index is 6.26. The van der Waals surface area contributed by atoms with Crippen LogP contribution in [0.1, 0.15) is 28.6 Å². The van der Waals surface area contributed by atoms with Crippen LogP contribution < -0.4 is 0 Å². The maximum Gasteiger partial charge on any atom is 0.128 e. The van der Waals surface area contributed by atoms with E-state index in [-0.39, 0.29) is 5.38 Å². The van der Waals surface area contributed by atoms with E-state index in [4.69, 9.17) is 11.6 Å². The Bertz CT molecular complexity index is 714. The van der Waals surface area contributed by atoms with E-state index in [1.807, 2.05) is 13.0 Å². The molecule has 0 saturated heterocycles. The van der Waals surface area contributed by atoms with Crippen LogP contribution in [0.5, 0.6) is 0 Å². The first-order valence-corrected chi connectivity index (χ1v) is 7.45. The highest BCUT2D eigenvalue weighted by molar-refractivity contribution is 7.10. The predicted octanol–water partition coefficient (Wildman–Crippen LogP) is 4.15. The Morgan fingerprint density at radius 1 is 1.42 bits per heavy atom. The molecule has 0 saturated carbocycles. The van der Waals surface area contributed by atoms with Crippen molar-refractivity contribution in [2.24, 2.45) is 0 Å². The molecule has 0 aromatic carbocycles. The molecule has 19 heavy (non-hydrogen) atoms. The van der Waals surface area contributed by atoms with Gasteiger partial charge in [0.25, 0.3) is 0 Å². The highest BCUT2D eigenvalue weighted by atomic mass is 35.5. The lowest BCUT2D eigenvalue weighted by Crippen LogP contribution is -2.05. The lowest BCUT2D eigenvalue weighted by molar-refractivity contribution is 0.748. The van der Waals surface area contributed by atoms with Crippen LogP contribution in [0, 0.1) is 6.92 Å². The van der Waals surface area contributed by atoms with Gasteiger partial charge in [0.15, 0.2) is 0 Å². The second-order valence-electron chi connectivity index (χ2n) is 4.56. The Balaban J connectivity index is 2.15. The van der Waals surface area contributed by atoms with Gasteiger partial charge in [0.2, 0.25) is 0 Å². The summed E-state index contributed by atoms with van der Waals surface area (Å²) in [5, 5.41) is 2.00. The zero-order valence-electron chi connectivity index (χ0n) is 10.8. The number of fused-ring (bicyclic) bond motifs is 1. The van der Waals surface area contributed by atoms with Gasteiger partial charge in [-0.25, -0.2) is 4.98 Å². The van der Waals surface area contributed by atoms with Gasteiger partial charge in [0, 0.05) is 11.1 Å². The van der Waals surface area contributed by atoms with Crippen LogP contribution in [0.4, 0.5) is 0 Å². The number of alkyl halides is 1. The molecule has 0 amide bonds. The average molecular weight is 292 g/mol. The van der Waals surface area contributed by atoms with E-state index in [1.54, 1.807) is 23.7 Å². The fourth-order valence-electron chi connectivity index (χ4n) is 2.18. The van der Waals surface area contributed by atoms with E-state index in [9.17, 15) is 0 Å². The molecule has 3 rings (SSSR count). The van der Waals surface area contributed by atoms with Crippen molar-refractivity contribution in [3.63, 3.8) is 0 Å². The van der Waals surface area contributed by atoms with E-state index < -0.39 is 0 Å². The Morgan fingerprint density at radius 2 is 2.26 bits per heavy atom. The number of hydrogen-bond donors (Lipinski definition) is 0. The van der Waals surface area contributed by atoms with E-state index in [0.717, 1.165) is 23.4 Å². The van der Waals surface area contributed by atoms with Gasteiger partial charge in [-0.1, -0.05) is 0 Å². The first-order valence-electron chi connectivity index (χ1n) is 6.14. The van der Waals surface area contributed by atoms with E-state index >= 15 is 0 Å². The van der Waals surface area contributed by atoms with Gasteiger partial charge < -0.3 is 4.57 Å². The summed E-state index contributed by atoms with van der Waals surface area (Å²) in [6.07, 6.45) is 3.58. The van der Waals surface area contributed by atoms with Crippen LogP contribution in [0.25, 0.3) is 11.0 Å². The smallest absolute Gasteiger partial charge is 0.128 e. The summed E-state index contributed by atoms with van der Waals surface area (Å²) in [6.45, 7) is 4.90. The largest absolute Gasteiger partial charge is 0.321 e. The number of nitrogens with zero attached hydrogens (tertiary/aromatic N) is 3. The highest BCUT2D eigenvalue weighted by Crippen LogP contribution is 2.27. The van der Waals surface area contributed by atoms with E-state index in [1.165, 1.54) is 10.4 Å². The van der Waals surface area contributed by atoms with Gasteiger partial charge in [-0.2, -0.15) is 0 Å². The average Bonchev–Trinajstić information content (AvgIpc) is 2.95. The molecule has 3 aromatic heterocycles. The third-order valence-electron chi connectivity index (χ3n) is 3.21. The topological polar surface area (TPSA) is 30.7 Å². The molecule has 5 heteroatoms. The minimum Gasteiger partial charge on any atom is -0.321 e. The standard InChI is InChI=1S/C14H14ClN3S/c1-9-4-6-19-13(9)8-18-12-3-5-16-7-11(12)17-14(18)10(2)15/h3-7,10H,8H2,1-2H3. The van der Waals surface area contributed by atoms with Crippen LogP contribution in [-0.2, 0) is 6.54 Å². The van der Waals surface area contributed by atoms with Gasteiger partial charge in [-0.15, -0.1) is 22.9 Å². The molecule has 0 bridgehead atoms. The second-order valence-corrected chi connectivity index (χ2v) is 6.22. The molecule has 0 radical (unpaired) electrons. The number of aromatic nitrogens is 3. The lowest BCUT2D eigenvalue weighted by atomic mass is 10.3. The zero-order chi connectivity index (χ0) is 13.4. The van der Waals surface area contributed by atoms with Crippen molar-refractivity contribution in [3.8, 4) is 0 Å². The normalized spacial score (nSPS) is 13.0. The van der Waals surface area contributed by atoms with Crippen LogP contribution >= 0.6 is 22.9 Å². The fourth-order valence-corrected chi connectivity index (χ4v) is 3.24. The Labute approximate surface area is 120 Å². The number of thiophene rings is 1. The molecule has 1 unspecified atom stereocenters. The zero-order valence-corrected chi connectivity index (χ0v) is 12.4. The van der Waals surface area contributed by atoms with Crippen molar-refractivity contribution in [2.45, 2.75) is 25.8 Å². The van der Waals surface area contributed by atoms with Crippen molar-refractivity contribution < 1.29 is 0 Å². The predicted molar refractivity (Wildman–Crippen MR) is 80.0 cm³/mol. The summed E-state index contributed by atoms with van der Waals surface area (Å²) >= 11 is 8.03. The minimum atomic E-state index is -0.118. The van der Waals surface area contributed by atoms with Crippen LogP contribution in [0.15, 0.2) is 29.9 Å². The third-order valence-corrected chi connectivity index (χ3v) is 4.41. The van der Waals surface area contributed by atoms with Crippen molar-refractivity contribution in [2.75, 3.05) is 0 Å². The summed E-state index contributed by atoms with van der Waals surface area (Å²) in [4.78, 5) is 10.1. The number of rotatable bonds is 3. The molecule has 3 nitrogen and oxygen atoms in total. The van der Waals surface area contributed by atoms with Crippen LogP contribution in [0.3, 0.4) is 0 Å². The van der Waals surface area contributed by atoms with Crippen molar-refractivity contribution in [3.05, 3.63) is 46.2 Å². The number of imidazole rings is 1. The second kappa shape index (κ2) is 4.94. The van der Waals surface area contributed by atoms with Gasteiger partial charge >= 0.3 is 0 Å². The summed E-state index contributed by atoms with van der Waals surface area (Å²) in [7, 11) is 0. The summed E-state index contributed by atoms with van der Waals surface area (Å²) < 4.78 is 2.19. The minimum absolute atomic E-state index is 0.118. The Morgan fingerprint density at radius 3 is 2.95 bits per heavy atom. The molecule has 0 N–H and O–H groups in total. The summed E-state index contributed by atoms with van der Waals surface area (Å²) in [5.74, 6) is 0.900. The van der Waals surface area contributed by atoms with Crippen molar-refractivity contribution >= 4 is 34.0 Å². The lowest BCUT2D eigenvalue weighted by Gasteiger charge is -2.10. The summed E-state index contributed by atoms with van der Waals surface area (Å²) in [6, 6.07) is 4.14. The highest BCUT2D eigenvalue weighted by Gasteiger charge is 2.16. The number of aryl methyl sites for hydroxylation is 1. The van der Waals surface area contributed by atoms with Gasteiger partial charge in [-0.05, 0) is 36.9 Å². The van der Waals surface area contributed by atoms with Crippen LogP contribution in [0.2, 0.25) is 0 Å². The molecule has 98 valence electrons. The van der Waals surface area contributed by atoms with Crippen molar-refractivity contribution in [1.82, 2.24) is 14.5 Å². The molecular weight excluding hydrogens is 278 g/mol. The first kappa shape index (κ1) is 12.6. The number of hydrogen-bond acceptors (Lipinski definition) is 3. The van der Waals surface area contributed by atoms with Gasteiger partial charge in [0.05, 0.1) is 23.6 Å². The molecule has 3 aromatic rings. The fraction of sp³-hybridized carbons (Fsp3) is 0.286. The molecule has 0 fully saturated rings. The van der Waals surface area contributed by atoms with E-state index in [0.29, 0.717) is 0 Å². The summed E-state index contributed by atoms with van der Waals surface area (Å²) in [5.41, 5.74) is 3.30.